The topological polar surface area (TPSA) is 32.3 Å². The van der Waals surface area contributed by atoms with Crippen molar-refractivity contribution < 1.29 is 9.50 Å². The second-order valence-corrected chi connectivity index (χ2v) is 4.26. The summed E-state index contributed by atoms with van der Waals surface area (Å²) < 4.78 is 13.4. The van der Waals surface area contributed by atoms with Crippen LogP contribution in [0.2, 0.25) is 5.02 Å². The molecule has 1 aromatic carbocycles. The Hall–Kier alpha value is -0.640. The minimum Gasteiger partial charge on any atom is -0.396 e. The number of halogens is 2. The van der Waals surface area contributed by atoms with E-state index in [0.717, 1.165) is 12.8 Å². The van der Waals surface area contributed by atoms with Crippen LogP contribution in [0.25, 0.3) is 0 Å². The molecule has 1 aromatic rings. The van der Waals surface area contributed by atoms with Crippen LogP contribution in [0.1, 0.15) is 25.3 Å². The average Bonchev–Trinajstić information content (AvgIpc) is 2.25. The number of benzene rings is 1. The predicted molar refractivity (Wildman–Crippen MR) is 64.0 cm³/mol. The molecule has 90 valence electrons. The fraction of sp³-hybridized carbons (Fsp3) is 0.500. The highest BCUT2D eigenvalue weighted by Gasteiger charge is 2.08. The SMILES string of the molecule is CC(CCCO)NCc1c(F)cccc1Cl. The molecule has 0 saturated carbocycles. The summed E-state index contributed by atoms with van der Waals surface area (Å²) in [5.74, 6) is -0.283. The van der Waals surface area contributed by atoms with Gasteiger partial charge in [0.1, 0.15) is 5.82 Å². The molecule has 0 aliphatic heterocycles. The second-order valence-electron chi connectivity index (χ2n) is 3.85. The lowest BCUT2D eigenvalue weighted by atomic mass is 10.1. The predicted octanol–water partition coefficient (Wildman–Crippen LogP) is 2.73. The van der Waals surface area contributed by atoms with Gasteiger partial charge < -0.3 is 10.4 Å². The Bertz CT molecular complexity index is 313. The third-order valence-corrected chi connectivity index (χ3v) is 2.84. The highest BCUT2D eigenvalue weighted by atomic mass is 35.5. The van der Waals surface area contributed by atoms with E-state index >= 15 is 0 Å². The number of aliphatic hydroxyl groups excluding tert-OH is 1. The Labute approximate surface area is 100 Å². The summed E-state index contributed by atoms with van der Waals surface area (Å²) in [6, 6.07) is 4.92. The van der Waals surface area contributed by atoms with Crippen LogP contribution in [-0.4, -0.2) is 17.8 Å². The standard InChI is InChI=1S/C12H17ClFNO/c1-9(4-3-7-16)15-8-10-11(13)5-2-6-12(10)14/h2,5-6,9,15-16H,3-4,7-8H2,1H3. The van der Waals surface area contributed by atoms with Crippen molar-refractivity contribution in [1.29, 1.82) is 0 Å². The first kappa shape index (κ1) is 13.4. The first-order chi connectivity index (χ1) is 7.65. The minimum atomic E-state index is -0.283. The van der Waals surface area contributed by atoms with Gasteiger partial charge in [-0.05, 0) is 31.9 Å². The van der Waals surface area contributed by atoms with E-state index in [4.69, 9.17) is 16.7 Å². The molecule has 0 aromatic heterocycles. The van der Waals surface area contributed by atoms with Crippen molar-refractivity contribution >= 4 is 11.6 Å². The fourth-order valence-electron chi connectivity index (χ4n) is 1.48. The zero-order chi connectivity index (χ0) is 12.0. The molecule has 2 N–H and O–H groups in total. The van der Waals surface area contributed by atoms with Gasteiger partial charge in [-0.1, -0.05) is 17.7 Å². The van der Waals surface area contributed by atoms with Gasteiger partial charge >= 0.3 is 0 Å². The highest BCUT2D eigenvalue weighted by Crippen LogP contribution is 2.18. The van der Waals surface area contributed by atoms with E-state index in [0.29, 0.717) is 17.1 Å². The summed E-state index contributed by atoms with van der Waals surface area (Å²) in [6.07, 6.45) is 1.61. The molecule has 2 nitrogen and oxygen atoms in total. The molecule has 0 amide bonds. The molecule has 0 saturated heterocycles. The Morgan fingerprint density at radius 1 is 1.50 bits per heavy atom. The minimum absolute atomic E-state index is 0.187. The maximum absolute atomic E-state index is 13.4. The first-order valence-electron chi connectivity index (χ1n) is 5.42. The molecule has 0 heterocycles. The number of aliphatic hydroxyl groups is 1. The van der Waals surface area contributed by atoms with Gasteiger partial charge in [-0.2, -0.15) is 0 Å². The number of nitrogens with one attached hydrogen (secondary N) is 1. The molecule has 4 heteroatoms. The van der Waals surface area contributed by atoms with Crippen LogP contribution in [0.15, 0.2) is 18.2 Å². The van der Waals surface area contributed by atoms with Crippen molar-refractivity contribution in [2.45, 2.75) is 32.4 Å². The van der Waals surface area contributed by atoms with E-state index in [1.807, 2.05) is 6.92 Å². The van der Waals surface area contributed by atoms with Crippen LogP contribution >= 0.6 is 11.6 Å². The van der Waals surface area contributed by atoms with Crippen molar-refractivity contribution in [2.75, 3.05) is 6.61 Å². The maximum Gasteiger partial charge on any atom is 0.129 e. The summed E-state index contributed by atoms with van der Waals surface area (Å²) in [5.41, 5.74) is 0.500. The number of hydrogen-bond acceptors (Lipinski definition) is 2. The first-order valence-corrected chi connectivity index (χ1v) is 5.80. The highest BCUT2D eigenvalue weighted by molar-refractivity contribution is 6.31. The molecule has 0 aliphatic carbocycles. The third-order valence-electron chi connectivity index (χ3n) is 2.48. The lowest BCUT2D eigenvalue weighted by Crippen LogP contribution is -2.26. The molecular weight excluding hydrogens is 229 g/mol. The molecule has 0 radical (unpaired) electrons. The molecular formula is C12H17ClFNO. The number of rotatable bonds is 6. The number of hydrogen-bond donors (Lipinski definition) is 2. The fourth-order valence-corrected chi connectivity index (χ4v) is 1.71. The van der Waals surface area contributed by atoms with E-state index in [1.165, 1.54) is 6.07 Å². The molecule has 0 spiro atoms. The van der Waals surface area contributed by atoms with Crippen LogP contribution in [-0.2, 0) is 6.54 Å². The van der Waals surface area contributed by atoms with E-state index in [1.54, 1.807) is 12.1 Å². The summed E-state index contributed by atoms with van der Waals surface area (Å²) in [7, 11) is 0. The van der Waals surface area contributed by atoms with Crippen molar-refractivity contribution in [3.05, 3.63) is 34.6 Å². The molecule has 1 unspecified atom stereocenters. The van der Waals surface area contributed by atoms with Gasteiger partial charge in [0.05, 0.1) is 0 Å². The quantitative estimate of drug-likeness (QED) is 0.808. The zero-order valence-corrected chi connectivity index (χ0v) is 10.1. The van der Waals surface area contributed by atoms with E-state index in [-0.39, 0.29) is 18.5 Å². The zero-order valence-electron chi connectivity index (χ0n) is 9.34. The van der Waals surface area contributed by atoms with Gasteiger partial charge in [0.15, 0.2) is 0 Å². The average molecular weight is 246 g/mol. The largest absolute Gasteiger partial charge is 0.396 e. The van der Waals surface area contributed by atoms with Gasteiger partial charge in [-0.3, -0.25) is 0 Å². The molecule has 0 fully saturated rings. The lowest BCUT2D eigenvalue weighted by Gasteiger charge is -2.14. The normalized spacial score (nSPS) is 12.8. The van der Waals surface area contributed by atoms with Crippen molar-refractivity contribution in [3.63, 3.8) is 0 Å². The van der Waals surface area contributed by atoms with Gasteiger partial charge in [0.25, 0.3) is 0 Å². The Morgan fingerprint density at radius 2 is 2.25 bits per heavy atom. The lowest BCUT2D eigenvalue weighted by molar-refractivity contribution is 0.276. The van der Waals surface area contributed by atoms with Crippen LogP contribution in [0.5, 0.6) is 0 Å². The van der Waals surface area contributed by atoms with Gasteiger partial charge in [-0.15, -0.1) is 0 Å². The van der Waals surface area contributed by atoms with E-state index in [2.05, 4.69) is 5.32 Å². The Kier molecular flexibility index (Phi) is 5.74. The van der Waals surface area contributed by atoms with Gasteiger partial charge in [0, 0.05) is 29.8 Å². The summed E-state index contributed by atoms with van der Waals surface area (Å²) in [6.45, 7) is 2.61. The smallest absolute Gasteiger partial charge is 0.129 e. The maximum atomic E-state index is 13.4. The van der Waals surface area contributed by atoms with Crippen LogP contribution in [0.4, 0.5) is 4.39 Å². The molecule has 0 bridgehead atoms. The third kappa shape index (κ3) is 4.08. The van der Waals surface area contributed by atoms with E-state index < -0.39 is 0 Å². The summed E-state index contributed by atoms with van der Waals surface area (Å²) in [4.78, 5) is 0. The summed E-state index contributed by atoms with van der Waals surface area (Å²) >= 11 is 5.90. The van der Waals surface area contributed by atoms with Crippen LogP contribution in [0, 0.1) is 5.82 Å². The van der Waals surface area contributed by atoms with Gasteiger partial charge in [-0.25, -0.2) is 4.39 Å². The molecule has 16 heavy (non-hydrogen) atoms. The van der Waals surface area contributed by atoms with E-state index in [9.17, 15) is 4.39 Å². The van der Waals surface area contributed by atoms with Crippen LogP contribution < -0.4 is 5.32 Å². The van der Waals surface area contributed by atoms with Crippen molar-refractivity contribution in [3.8, 4) is 0 Å². The van der Waals surface area contributed by atoms with Crippen molar-refractivity contribution in [2.24, 2.45) is 0 Å². The van der Waals surface area contributed by atoms with Crippen molar-refractivity contribution in [1.82, 2.24) is 5.32 Å². The molecule has 1 rings (SSSR count). The second kappa shape index (κ2) is 6.84. The monoisotopic (exact) mass is 245 g/mol. The molecule has 0 aliphatic rings. The summed E-state index contributed by atoms with van der Waals surface area (Å²) in [5, 5.41) is 12.3. The van der Waals surface area contributed by atoms with Crippen LogP contribution in [0.3, 0.4) is 0 Å². The Morgan fingerprint density at radius 3 is 2.88 bits per heavy atom. The van der Waals surface area contributed by atoms with Gasteiger partial charge in [0.2, 0.25) is 0 Å². The molecule has 1 atom stereocenters. The Balaban J connectivity index is 2.48.